The predicted octanol–water partition coefficient (Wildman–Crippen LogP) is 6.42. The topological polar surface area (TPSA) is 93.9 Å². The van der Waals surface area contributed by atoms with Crippen molar-refractivity contribution in [2.24, 2.45) is 5.73 Å². The van der Waals surface area contributed by atoms with Crippen molar-refractivity contribution in [3.63, 3.8) is 0 Å². The highest BCUT2D eigenvalue weighted by molar-refractivity contribution is 6.00. The lowest BCUT2D eigenvalue weighted by Gasteiger charge is -2.43. The highest BCUT2D eigenvalue weighted by Crippen LogP contribution is 2.44. The fourth-order valence-electron chi connectivity index (χ4n) is 6.83. The van der Waals surface area contributed by atoms with Gasteiger partial charge in [-0.1, -0.05) is 78.9 Å². The molecule has 3 aromatic rings. The molecule has 0 aliphatic carbocycles. The van der Waals surface area contributed by atoms with Gasteiger partial charge in [-0.3, -0.25) is 0 Å². The molecule has 0 aromatic heterocycles. The smallest absolute Gasteiger partial charge is 0.416 e. The van der Waals surface area contributed by atoms with Crippen molar-refractivity contribution >= 4 is 11.9 Å². The van der Waals surface area contributed by atoms with E-state index in [9.17, 15) is 22.8 Å². The molecule has 0 bridgehead atoms. The first-order valence-electron chi connectivity index (χ1n) is 15.9. The Morgan fingerprint density at radius 1 is 0.872 bits per heavy atom. The van der Waals surface area contributed by atoms with E-state index < -0.39 is 29.6 Å². The minimum atomic E-state index is -4.74. The Bertz CT molecular complexity index is 1590. The second-order valence-electron chi connectivity index (χ2n) is 11.9. The average Bonchev–Trinajstić information content (AvgIpc) is 3.07. The molecule has 10 heteroatoms. The van der Waals surface area contributed by atoms with Gasteiger partial charge in [-0.2, -0.15) is 13.2 Å². The van der Waals surface area contributed by atoms with E-state index in [-0.39, 0.29) is 46.9 Å². The zero-order valence-electron chi connectivity index (χ0n) is 26.6. The number of rotatable bonds is 10. The summed E-state index contributed by atoms with van der Waals surface area (Å²) >= 11 is 0. The minimum Gasteiger partial charge on any atom is -0.463 e. The zero-order valence-corrected chi connectivity index (χ0v) is 26.6. The Morgan fingerprint density at radius 3 is 2.00 bits per heavy atom. The molecule has 0 saturated carbocycles. The number of nitrogens with two attached hydrogens (primary N) is 1. The molecule has 7 nitrogen and oxygen atoms in total. The maximum Gasteiger partial charge on any atom is 0.416 e. The normalized spacial score (nSPS) is 18.4. The van der Waals surface area contributed by atoms with Gasteiger partial charge in [0, 0.05) is 17.7 Å². The number of allylic oxidation sites excluding steroid dienone is 1. The number of alkyl halides is 3. The van der Waals surface area contributed by atoms with Crippen molar-refractivity contribution in [2.75, 3.05) is 32.8 Å². The van der Waals surface area contributed by atoms with Crippen LogP contribution in [0.4, 0.5) is 13.2 Å². The summed E-state index contributed by atoms with van der Waals surface area (Å²) in [6.45, 7) is 5.52. The van der Waals surface area contributed by atoms with Gasteiger partial charge in [0.05, 0.1) is 35.8 Å². The van der Waals surface area contributed by atoms with Gasteiger partial charge in [0.2, 0.25) is 0 Å². The Hall–Kier alpha value is -4.57. The van der Waals surface area contributed by atoms with Gasteiger partial charge in [-0.15, -0.1) is 0 Å². The zero-order chi connectivity index (χ0) is 33.6. The van der Waals surface area contributed by atoms with E-state index in [0.717, 1.165) is 32.0 Å². The van der Waals surface area contributed by atoms with Crippen LogP contribution in [-0.4, -0.2) is 49.7 Å². The molecule has 2 aliphatic rings. The number of esters is 2. The second kappa shape index (κ2) is 14.5. The summed E-state index contributed by atoms with van der Waals surface area (Å²) in [5.74, 6) is -3.35. The molecule has 0 radical (unpaired) electrons. The summed E-state index contributed by atoms with van der Waals surface area (Å²) in [6.07, 6.45) is -2.35. The molecule has 3 N–H and O–H groups in total. The van der Waals surface area contributed by atoms with E-state index in [1.807, 2.05) is 12.1 Å². The molecule has 1 unspecified atom stereocenters. The highest BCUT2D eigenvalue weighted by Gasteiger charge is 2.44. The molecule has 0 spiro atoms. The van der Waals surface area contributed by atoms with E-state index in [1.54, 1.807) is 6.92 Å². The number of nitrogens with zero attached hydrogens (tertiary/aromatic N) is 1. The molecule has 0 amide bonds. The molecule has 5 rings (SSSR count). The average molecular weight is 648 g/mol. The van der Waals surface area contributed by atoms with E-state index in [1.165, 1.54) is 36.2 Å². The summed E-state index contributed by atoms with van der Waals surface area (Å²) in [4.78, 5) is 29.0. The van der Waals surface area contributed by atoms with Gasteiger partial charge in [0.1, 0.15) is 5.82 Å². The van der Waals surface area contributed by atoms with Crippen LogP contribution in [0, 0.1) is 0 Å². The fourth-order valence-corrected chi connectivity index (χ4v) is 6.83. The van der Waals surface area contributed by atoms with E-state index in [0.29, 0.717) is 13.0 Å². The molecular formula is C37H40F3N3O4. The van der Waals surface area contributed by atoms with Crippen molar-refractivity contribution < 1.29 is 32.2 Å². The molecule has 3 aromatic carbocycles. The lowest BCUT2D eigenvalue weighted by atomic mass is 9.68. The van der Waals surface area contributed by atoms with E-state index in [4.69, 9.17) is 15.2 Å². The Kier molecular flexibility index (Phi) is 10.4. The summed E-state index contributed by atoms with van der Waals surface area (Å²) in [5, 5.41) is 2.78. The second-order valence-corrected chi connectivity index (χ2v) is 11.9. The molecular weight excluding hydrogens is 607 g/mol. The Morgan fingerprint density at radius 2 is 1.43 bits per heavy atom. The van der Waals surface area contributed by atoms with E-state index in [2.05, 4.69) is 58.7 Å². The predicted molar refractivity (Wildman–Crippen MR) is 173 cm³/mol. The third kappa shape index (κ3) is 7.22. The molecule has 2 aliphatic heterocycles. The number of carbonyl (C=O) groups excluding carboxylic acids is 2. The van der Waals surface area contributed by atoms with E-state index >= 15 is 0 Å². The van der Waals surface area contributed by atoms with Gasteiger partial charge in [-0.25, -0.2) is 9.59 Å². The summed E-state index contributed by atoms with van der Waals surface area (Å²) in [5.41, 5.74) is 7.20. The summed E-state index contributed by atoms with van der Waals surface area (Å²) < 4.78 is 53.3. The number of likely N-dealkylation sites (tertiary alicyclic amines) is 1. The maximum absolute atomic E-state index is 14.2. The number of piperidine rings is 1. The van der Waals surface area contributed by atoms with Crippen LogP contribution in [0.25, 0.3) is 0 Å². The lowest BCUT2D eigenvalue weighted by molar-refractivity contribution is -0.142. The number of hydrogen-bond acceptors (Lipinski definition) is 7. The highest BCUT2D eigenvalue weighted by atomic mass is 19.4. The number of halogens is 3. The number of benzene rings is 3. The van der Waals surface area contributed by atoms with Crippen molar-refractivity contribution in [3.8, 4) is 0 Å². The third-order valence-corrected chi connectivity index (χ3v) is 9.10. The number of ether oxygens (including phenoxy) is 2. The number of dihydropyridines is 1. The number of hydrogen-bond donors (Lipinski definition) is 2. The van der Waals surface area contributed by atoms with Gasteiger partial charge in [0.15, 0.2) is 0 Å². The molecule has 248 valence electrons. The van der Waals surface area contributed by atoms with Gasteiger partial charge in [0.25, 0.3) is 0 Å². The number of nitrogens with one attached hydrogen (secondary N) is 1. The largest absolute Gasteiger partial charge is 0.463 e. The Balaban J connectivity index is 1.28. The first-order chi connectivity index (χ1) is 22.6. The number of carbonyl (C=O) groups is 2. The van der Waals surface area contributed by atoms with Crippen LogP contribution < -0.4 is 11.1 Å². The minimum absolute atomic E-state index is 0.0277. The van der Waals surface area contributed by atoms with Crippen molar-refractivity contribution in [1.82, 2.24) is 10.2 Å². The molecule has 1 atom stereocenters. The molecule has 47 heavy (non-hydrogen) atoms. The monoisotopic (exact) mass is 647 g/mol. The van der Waals surface area contributed by atoms with Gasteiger partial charge < -0.3 is 25.4 Å². The van der Waals surface area contributed by atoms with Crippen LogP contribution in [0.15, 0.2) is 108 Å². The Labute approximate surface area is 273 Å². The van der Waals surface area contributed by atoms with Crippen LogP contribution in [0.1, 0.15) is 61.3 Å². The van der Waals surface area contributed by atoms with Crippen LogP contribution >= 0.6 is 0 Å². The maximum atomic E-state index is 14.2. The van der Waals surface area contributed by atoms with Crippen molar-refractivity contribution in [1.29, 1.82) is 0 Å². The van der Waals surface area contributed by atoms with Crippen LogP contribution in [0.2, 0.25) is 0 Å². The standard InChI is InChI=1S/C37H40F3N3O4/c1-3-46-35(45)32-31(28-17-10-11-18-29(28)37(38,39)40)30(25(2)42-33(32)41)34(44)47-24-12-21-43-22-19-36(20-23-43,26-13-6-4-7-14-26)27-15-8-5-9-16-27/h4-11,13-18,31,42H,3,12,19-24,41H2,1-2H3. The van der Waals surface area contributed by atoms with Crippen molar-refractivity contribution in [2.45, 2.75) is 50.6 Å². The summed E-state index contributed by atoms with van der Waals surface area (Å²) in [6, 6.07) is 25.9. The quantitative estimate of drug-likeness (QED) is 0.194. The summed E-state index contributed by atoms with van der Waals surface area (Å²) in [7, 11) is 0. The first kappa shape index (κ1) is 33.8. The SMILES string of the molecule is CCOC(=O)C1=C(N)NC(C)=C(C(=O)OCCCN2CCC(c3ccccc3)(c3ccccc3)CC2)C1c1ccccc1C(F)(F)F. The fraction of sp³-hybridized carbons (Fsp3) is 0.351. The van der Waals surface area contributed by atoms with Crippen LogP contribution in [-0.2, 0) is 30.7 Å². The molecule has 1 saturated heterocycles. The lowest BCUT2D eigenvalue weighted by Crippen LogP contribution is -2.43. The third-order valence-electron chi connectivity index (χ3n) is 9.10. The molecule has 2 heterocycles. The molecule has 1 fully saturated rings. The van der Waals surface area contributed by atoms with Crippen LogP contribution in [0.3, 0.4) is 0 Å². The van der Waals surface area contributed by atoms with Gasteiger partial charge >= 0.3 is 18.1 Å². The van der Waals surface area contributed by atoms with Gasteiger partial charge in [-0.05, 0) is 69.0 Å². The van der Waals surface area contributed by atoms with Crippen LogP contribution in [0.5, 0.6) is 0 Å². The first-order valence-corrected chi connectivity index (χ1v) is 15.9. The van der Waals surface area contributed by atoms with Crippen molar-refractivity contribution in [3.05, 3.63) is 130 Å².